The van der Waals surface area contributed by atoms with Crippen LogP contribution in [0.1, 0.15) is 18.9 Å². The number of nitrogen functional groups attached to an aromatic ring is 1. The van der Waals surface area contributed by atoms with Crippen LogP contribution in [0, 0.1) is 6.92 Å². The summed E-state index contributed by atoms with van der Waals surface area (Å²) in [5.41, 5.74) is 8.09. The van der Waals surface area contributed by atoms with Crippen molar-refractivity contribution < 1.29 is 9.53 Å². The molecule has 0 heterocycles. The van der Waals surface area contributed by atoms with Crippen molar-refractivity contribution in [2.75, 3.05) is 11.1 Å². The lowest BCUT2D eigenvalue weighted by molar-refractivity contribution is -0.122. The molecular weight excluding hydrogens is 264 g/mol. The topological polar surface area (TPSA) is 64.3 Å². The molecule has 0 unspecified atom stereocenters. The summed E-state index contributed by atoms with van der Waals surface area (Å²) in [6, 6.07) is 14.7. The van der Waals surface area contributed by atoms with Crippen molar-refractivity contribution in [1.82, 2.24) is 0 Å². The number of ether oxygens (including phenoxy) is 1. The van der Waals surface area contributed by atoms with Crippen molar-refractivity contribution >= 4 is 17.3 Å². The maximum atomic E-state index is 12.3. The molecule has 3 N–H and O–H groups in total. The maximum Gasteiger partial charge on any atom is 0.265 e. The number of anilines is 2. The van der Waals surface area contributed by atoms with Crippen molar-refractivity contribution in [2.24, 2.45) is 0 Å². The number of benzene rings is 2. The number of nitrogens with two attached hydrogens (primary N) is 1. The number of hydrogen-bond acceptors (Lipinski definition) is 3. The van der Waals surface area contributed by atoms with Gasteiger partial charge in [0.05, 0.1) is 0 Å². The van der Waals surface area contributed by atoms with Gasteiger partial charge in [0.25, 0.3) is 5.91 Å². The van der Waals surface area contributed by atoms with Crippen molar-refractivity contribution in [2.45, 2.75) is 26.4 Å². The Labute approximate surface area is 124 Å². The van der Waals surface area contributed by atoms with Crippen LogP contribution in [0.5, 0.6) is 5.75 Å². The Kier molecular flexibility index (Phi) is 4.82. The summed E-state index contributed by atoms with van der Waals surface area (Å²) in [6.45, 7) is 3.91. The minimum Gasteiger partial charge on any atom is -0.481 e. The molecule has 0 aliphatic rings. The number of hydrogen-bond donors (Lipinski definition) is 2. The molecule has 0 saturated carbocycles. The standard InChI is InChI=1S/C17H20N2O2/c1-3-16(21-15-6-4-5-12(2)11-15)17(20)19-14-9-7-13(18)8-10-14/h4-11,16H,3,18H2,1-2H3,(H,19,20)/t16-/m1/s1. The molecule has 2 rings (SSSR count). The molecule has 0 aliphatic carbocycles. The van der Waals surface area contributed by atoms with Gasteiger partial charge in [-0.05, 0) is 55.3 Å². The highest BCUT2D eigenvalue weighted by Gasteiger charge is 2.18. The first-order valence-electron chi connectivity index (χ1n) is 6.98. The van der Waals surface area contributed by atoms with Crippen LogP contribution < -0.4 is 15.8 Å². The maximum absolute atomic E-state index is 12.3. The zero-order valence-electron chi connectivity index (χ0n) is 12.3. The third kappa shape index (κ3) is 4.24. The van der Waals surface area contributed by atoms with E-state index in [0.29, 0.717) is 23.5 Å². The summed E-state index contributed by atoms with van der Waals surface area (Å²) >= 11 is 0. The lowest BCUT2D eigenvalue weighted by atomic mass is 10.2. The van der Waals surface area contributed by atoms with Gasteiger partial charge in [-0.2, -0.15) is 0 Å². The molecule has 1 amide bonds. The van der Waals surface area contributed by atoms with E-state index in [9.17, 15) is 4.79 Å². The Morgan fingerprint density at radius 2 is 1.95 bits per heavy atom. The van der Waals surface area contributed by atoms with E-state index in [1.54, 1.807) is 24.3 Å². The molecular formula is C17H20N2O2. The first-order valence-corrected chi connectivity index (χ1v) is 6.98. The van der Waals surface area contributed by atoms with Gasteiger partial charge in [0.1, 0.15) is 5.75 Å². The van der Waals surface area contributed by atoms with Crippen LogP contribution in [0.15, 0.2) is 48.5 Å². The van der Waals surface area contributed by atoms with Crippen LogP contribution >= 0.6 is 0 Å². The quantitative estimate of drug-likeness (QED) is 0.827. The average Bonchev–Trinajstić information content (AvgIpc) is 2.47. The molecule has 2 aromatic rings. The Morgan fingerprint density at radius 1 is 1.24 bits per heavy atom. The fraction of sp³-hybridized carbons (Fsp3) is 0.235. The number of rotatable bonds is 5. The molecule has 0 radical (unpaired) electrons. The van der Waals surface area contributed by atoms with E-state index in [1.807, 2.05) is 38.1 Å². The van der Waals surface area contributed by atoms with Gasteiger partial charge in [0.2, 0.25) is 0 Å². The van der Waals surface area contributed by atoms with Gasteiger partial charge in [0, 0.05) is 11.4 Å². The Bertz CT molecular complexity index is 608. The SMILES string of the molecule is CC[C@@H](Oc1cccc(C)c1)C(=O)Nc1ccc(N)cc1. The van der Waals surface area contributed by atoms with E-state index in [2.05, 4.69) is 5.32 Å². The molecule has 21 heavy (non-hydrogen) atoms. The van der Waals surface area contributed by atoms with E-state index < -0.39 is 6.10 Å². The summed E-state index contributed by atoms with van der Waals surface area (Å²) in [7, 11) is 0. The van der Waals surface area contributed by atoms with E-state index in [4.69, 9.17) is 10.5 Å². The smallest absolute Gasteiger partial charge is 0.265 e. The second-order valence-electron chi connectivity index (χ2n) is 4.94. The predicted molar refractivity (Wildman–Crippen MR) is 85.4 cm³/mol. The summed E-state index contributed by atoms with van der Waals surface area (Å²) in [4.78, 5) is 12.3. The number of amides is 1. The number of carbonyl (C=O) groups is 1. The highest BCUT2D eigenvalue weighted by molar-refractivity contribution is 5.94. The summed E-state index contributed by atoms with van der Waals surface area (Å²) in [6.07, 6.45) is 0.0683. The fourth-order valence-corrected chi connectivity index (χ4v) is 1.96. The third-order valence-corrected chi connectivity index (χ3v) is 3.11. The van der Waals surface area contributed by atoms with Crippen molar-refractivity contribution in [3.63, 3.8) is 0 Å². The Hall–Kier alpha value is -2.49. The highest BCUT2D eigenvalue weighted by atomic mass is 16.5. The summed E-state index contributed by atoms with van der Waals surface area (Å²) in [5, 5.41) is 2.84. The Morgan fingerprint density at radius 3 is 2.57 bits per heavy atom. The van der Waals surface area contributed by atoms with Crippen LogP contribution in [-0.2, 0) is 4.79 Å². The van der Waals surface area contributed by atoms with E-state index in [1.165, 1.54) is 0 Å². The molecule has 0 bridgehead atoms. The lowest BCUT2D eigenvalue weighted by Crippen LogP contribution is -2.32. The van der Waals surface area contributed by atoms with Gasteiger partial charge in [-0.15, -0.1) is 0 Å². The van der Waals surface area contributed by atoms with E-state index in [0.717, 1.165) is 5.56 Å². The van der Waals surface area contributed by atoms with Crippen LogP contribution in [-0.4, -0.2) is 12.0 Å². The zero-order chi connectivity index (χ0) is 15.2. The van der Waals surface area contributed by atoms with Crippen molar-refractivity contribution in [1.29, 1.82) is 0 Å². The van der Waals surface area contributed by atoms with Crippen molar-refractivity contribution in [3.8, 4) is 5.75 Å². The second-order valence-corrected chi connectivity index (χ2v) is 4.94. The minimum atomic E-state index is -0.524. The van der Waals surface area contributed by atoms with Crippen LogP contribution in [0.2, 0.25) is 0 Å². The van der Waals surface area contributed by atoms with Gasteiger partial charge in [-0.1, -0.05) is 19.1 Å². The third-order valence-electron chi connectivity index (χ3n) is 3.11. The number of nitrogens with one attached hydrogen (secondary N) is 1. The number of aryl methyl sites for hydroxylation is 1. The van der Waals surface area contributed by atoms with E-state index >= 15 is 0 Å². The molecule has 0 aromatic heterocycles. The predicted octanol–water partition coefficient (Wildman–Crippen LogP) is 3.37. The van der Waals surface area contributed by atoms with Crippen LogP contribution in [0.25, 0.3) is 0 Å². The summed E-state index contributed by atoms with van der Waals surface area (Å²) < 4.78 is 5.77. The van der Waals surface area contributed by atoms with Gasteiger partial charge < -0.3 is 15.8 Å². The zero-order valence-corrected chi connectivity index (χ0v) is 12.3. The van der Waals surface area contributed by atoms with Gasteiger partial charge in [-0.25, -0.2) is 0 Å². The van der Waals surface area contributed by atoms with Crippen LogP contribution in [0.4, 0.5) is 11.4 Å². The molecule has 0 spiro atoms. The molecule has 4 heteroatoms. The first-order chi connectivity index (χ1) is 10.1. The summed E-state index contributed by atoms with van der Waals surface area (Å²) in [5.74, 6) is 0.540. The fourth-order valence-electron chi connectivity index (χ4n) is 1.96. The molecule has 110 valence electrons. The minimum absolute atomic E-state index is 0.163. The van der Waals surface area contributed by atoms with Crippen molar-refractivity contribution in [3.05, 3.63) is 54.1 Å². The normalized spacial score (nSPS) is 11.7. The molecule has 1 atom stereocenters. The Balaban J connectivity index is 2.03. The van der Waals surface area contributed by atoms with E-state index in [-0.39, 0.29) is 5.91 Å². The largest absolute Gasteiger partial charge is 0.481 e. The van der Waals surface area contributed by atoms with Gasteiger partial charge in [0.15, 0.2) is 6.10 Å². The molecule has 4 nitrogen and oxygen atoms in total. The van der Waals surface area contributed by atoms with Gasteiger partial charge in [-0.3, -0.25) is 4.79 Å². The second kappa shape index (κ2) is 6.79. The lowest BCUT2D eigenvalue weighted by Gasteiger charge is -2.17. The molecule has 0 saturated heterocycles. The van der Waals surface area contributed by atoms with Gasteiger partial charge >= 0.3 is 0 Å². The highest BCUT2D eigenvalue weighted by Crippen LogP contribution is 2.17. The molecule has 0 fully saturated rings. The average molecular weight is 284 g/mol. The first kappa shape index (κ1) is 14.9. The number of carbonyl (C=O) groups excluding carboxylic acids is 1. The van der Waals surface area contributed by atoms with Crippen LogP contribution in [0.3, 0.4) is 0 Å². The molecule has 0 aliphatic heterocycles. The monoisotopic (exact) mass is 284 g/mol. The molecule has 2 aromatic carbocycles.